The number of carbonyl (C=O) groups excluding carboxylic acids is 1. The fourth-order valence-corrected chi connectivity index (χ4v) is 2.13. The molecule has 0 atom stereocenters. The van der Waals surface area contributed by atoms with E-state index in [1.165, 1.54) is 7.11 Å². The van der Waals surface area contributed by atoms with Gasteiger partial charge in [0.2, 0.25) is 5.76 Å². The summed E-state index contributed by atoms with van der Waals surface area (Å²) in [5.74, 6) is 0.303. The number of carbonyl (C=O) groups is 1. The predicted molar refractivity (Wildman–Crippen MR) is 71.8 cm³/mol. The highest BCUT2D eigenvalue weighted by atomic mass is 32.1. The fraction of sp³-hybridized carbons (Fsp3) is 0.154. The van der Waals surface area contributed by atoms with Crippen LogP contribution in [0.5, 0.6) is 5.75 Å². The molecule has 1 aromatic carbocycles. The summed E-state index contributed by atoms with van der Waals surface area (Å²) in [4.78, 5) is 11.4. The maximum atomic E-state index is 11.4. The Morgan fingerprint density at radius 1 is 1.40 bits per heavy atom. The SMILES string of the molecule is COC(=O)c1cc2ccc(OCc3cnsn3)cc2o1. The van der Waals surface area contributed by atoms with Crippen molar-refractivity contribution in [1.29, 1.82) is 0 Å². The molecule has 0 saturated carbocycles. The number of ether oxygens (including phenoxy) is 2. The molecule has 0 aliphatic carbocycles. The molecule has 20 heavy (non-hydrogen) atoms. The van der Waals surface area contributed by atoms with Crippen LogP contribution in [0.4, 0.5) is 0 Å². The number of furan rings is 1. The molecule has 0 aliphatic heterocycles. The van der Waals surface area contributed by atoms with E-state index in [0.29, 0.717) is 17.9 Å². The van der Waals surface area contributed by atoms with Crippen LogP contribution < -0.4 is 4.74 Å². The molecule has 102 valence electrons. The molecule has 0 radical (unpaired) electrons. The van der Waals surface area contributed by atoms with Crippen molar-refractivity contribution in [2.24, 2.45) is 0 Å². The van der Waals surface area contributed by atoms with Gasteiger partial charge < -0.3 is 13.9 Å². The van der Waals surface area contributed by atoms with Gasteiger partial charge in [-0.2, -0.15) is 8.75 Å². The van der Waals surface area contributed by atoms with Crippen LogP contribution in [0.15, 0.2) is 34.9 Å². The van der Waals surface area contributed by atoms with Gasteiger partial charge in [0.05, 0.1) is 25.0 Å². The van der Waals surface area contributed by atoms with Crippen LogP contribution >= 0.6 is 11.7 Å². The molecule has 0 fully saturated rings. The number of nitrogens with zero attached hydrogens (tertiary/aromatic N) is 2. The molecule has 7 heteroatoms. The Balaban J connectivity index is 1.81. The van der Waals surface area contributed by atoms with Gasteiger partial charge in [0, 0.05) is 11.5 Å². The normalized spacial score (nSPS) is 10.7. The largest absolute Gasteiger partial charge is 0.487 e. The van der Waals surface area contributed by atoms with Gasteiger partial charge in [0.1, 0.15) is 23.6 Å². The highest BCUT2D eigenvalue weighted by Crippen LogP contribution is 2.25. The second kappa shape index (κ2) is 5.30. The number of rotatable bonds is 4. The summed E-state index contributed by atoms with van der Waals surface area (Å²) in [7, 11) is 1.31. The monoisotopic (exact) mass is 290 g/mol. The Bertz CT molecular complexity index is 736. The lowest BCUT2D eigenvalue weighted by Crippen LogP contribution is -1.97. The van der Waals surface area contributed by atoms with Crippen molar-refractivity contribution in [1.82, 2.24) is 8.75 Å². The topological polar surface area (TPSA) is 74.5 Å². The first-order valence-corrected chi connectivity index (χ1v) is 6.50. The van der Waals surface area contributed by atoms with Gasteiger partial charge in [-0.3, -0.25) is 0 Å². The molecule has 6 nitrogen and oxygen atoms in total. The summed E-state index contributed by atoms with van der Waals surface area (Å²) in [5.41, 5.74) is 1.34. The van der Waals surface area contributed by atoms with Gasteiger partial charge in [-0.1, -0.05) is 0 Å². The Morgan fingerprint density at radius 3 is 3.05 bits per heavy atom. The van der Waals surface area contributed by atoms with Crippen molar-refractivity contribution in [2.45, 2.75) is 6.61 Å². The van der Waals surface area contributed by atoms with Gasteiger partial charge in [-0.15, -0.1) is 0 Å². The lowest BCUT2D eigenvalue weighted by Gasteiger charge is -2.02. The Morgan fingerprint density at radius 2 is 2.30 bits per heavy atom. The van der Waals surface area contributed by atoms with E-state index in [-0.39, 0.29) is 5.76 Å². The van der Waals surface area contributed by atoms with E-state index in [1.807, 2.05) is 6.07 Å². The number of esters is 1. The lowest BCUT2D eigenvalue weighted by molar-refractivity contribution is 0.0567. The van der Waals surface area contributed by atoms with Gasteiger partial charge in [-0.05, 0) is 18.2 Å². The number of fused-ring (bicyclic) bond motifs is 1. The lowest BCUT2D eigenvalue weighted by atomic mass is 10.2. The standard InChI is InChI=1S/C13H10N2O4S/c1-17-13(16)12-4-8-2-3-10(5-11(8)19-12)18-7-9-6-14-20-15-9/h2-6H,7H2,1H3. The molecule has 2 heterocycles. The summed E-state index contributed by atoms with van der Waals surface area (Å²) in [6, 6.07) is 6.98. The Labute approximate surface area is 118 Å². The van der Waals surface area contributed by atoms with Crippen LogP contribution in [0.1, 0.15) is 16.2 Å². The van der Waals surface area contributed by atoms with E-state index >= 15 is 0 Å². The van der Waals surface area contributed by atoms with Gasteiger partial charge in [0.15, 0.2) is 0 Å². The average Bonchev–Trinajstić information content (AvgIpc) is 3.12. The zero-order valence-electron chi connectivity index (χ0n) is 10.5. The van der Waals surface area contributed by atoms with Gasteiger partial charge in [0.25, 0.3) is 0 Å². The van der Waals surface area contributed by atoms with E-state index in [9.17, 15) is 4.79 Å². The Kier molecular flexibility index (Phi) is 3.34. The molecule has 3 rings (SSSR count). The van der Waals surface area contributed by atoms with Crippen molar-refractivity contribution in [2.75, 3.05) is 7.11 Å². The summed E-state index contributed by atoms with van der Waals surface area (Å²) in [5, 5.41) is 0.813. The van der Waals surface area contributed by atoms with Crippen LogP contribution in [-0.2, 0) is 11.3 Å². The van der Waals surface area contributed by atoms with Crippen LogP contribution in [0.3, 0.4) is 0 Å². The third-order valence-electron chi connectivity index (χ3n) is 2.67. The predicted octanol–water partition coefficient (Wildman–Crippen LogP) is 2.65. The molecule has 0 N–H and O–H groups in total. The number of aromatic nitrogens is 2. The van der Waals surface area contributed by atoms with E-state index in [4.69, 9.17) is 9.15 Å². The minimum absolute atomic E-state index is 0.170. The maximum Gasteiger partial charge on any atom is 0.373 e. The summed E-state index contributed by atoms with van der Waals surface area (Å²) in [6.45, 7) is 0.340. The van der Waals surface area contributed by atoms with Crippen molar-refractivity contribution in [3.05, 3.63) is 41.9 Å². The molecule has 0 unspecified atom stereocenters. The molecular weight excluding hydrogens is 280 g/mol. The van der Waals surface area contributed by atoms with Crippen molar-refractivity contribution < 1.29 is 18.7 Å². The van der Waals surface area contributed by atoms with Crippen LogP contribution in [0.2, 0.25) is 0 Å². The quantitative estimate of drug-likeness (QED) is 0.688. The second-order valence-corrected chi connectivity index (χ2v) is 4.55. The molecule has 0 spiro atoms. The summed E-state index contributed by atoms with van der Waals surface area (Å²) < 4.78 is 23.6. The van der Waals surface area contributed by atoms with E-state index in [1.54, 1.807) is 24.4 Å². The van der Waals surface area contributed by atoms with E-state index in [2.05, 4.69) is 13.5 Å². The highest BCUT2D eigenvalue weighted by molar-refractivity contribution is 6.99. The molecule has 0 amide bonds. The number of hydrogen-bond donors (Lipinski definition) is 0. The molecule has 2 aromatic heterocycles. The third kappa shape index (κ3) is 2.48. The fourth-order valence-electron chi connectivity index (χ4n) is 1.71. The van der Waals surface area contributed by atoms with Crippen molar-refractivity contribution in [3.63, 3.8) is 0 Å². The third-order valence-corrected chi connectivity index (χ3v) is 3.19. The maximum absolute atomic E-state index is 11.4. The zero-order chi connectivity index (χ0) is 13.9. The first-order valence-electron chi connectivity index (χ1n) is 5.77. The van der Waals surface area contributed by atoms with E-state index in [0.717, 1.165) is 22.8 Å². The Hall–Kier alpha value is -2.41. The van der Waals surface area contributed by atoms with Crippen LogP contribution in [-0.4, -0.2) is 21.8 Å². The number of methoxy groups -OCH3 is 1. The second-order valence-electron chi connectivity index (χ2n) is 3.99. The minimum atomic E-state index is -0.503. The number of hydrogen-bond acceptors (Lipinski definition) is 7. The zero-order valence-corrected chi connectivity index (χ0v) is 11.3. The van der Waals surface area contributed by atoms with Crippen molar-refractivity contribution in [3.8, 4) is 5.75 Å². The molecular formula is C13H10N2O4S. The molecule has 0 aliphatic rings. The molecule has 0 saturated heterocycles. The van der Waals surface area contributed by atoms with Crippen LogP contribution in [0.25, 0.3) is 11.0 Å². The van der Waals surface area contributed by atoms with Crippen LogP contribution in [0, 0.1) is 0 Å². The molecule has 3 aromatic rings. The highest BCUT2D eigenvalue weighted by Gasteiger charge is 2.12. The van der Waals surface area contributed by atoms with Gasteiger partial charge >= 0.3 is 5.97 Å². The smallest absolute Gasteiger partial charge is 0.373 e. The first-order chi connectivity index (χ1) is 9.76. The average molecular weight is 290 g/mol. The molecule has 0 bridgehead atoms. The van der Waals surface area contributed by atoms with Crippen molar-refractivity contribution >= 4 is 28.7 Å². The van der Waals surface area contributed by atoms with Gasteiger partial charge in [-0.25, -0.2) is 4.79 Å². The summed E-state index contributed by atoms with van der Waals surface area (Å²) >= 11 is 1.14. The number of benzene rings is 1. The minimum Gasteiger partial charge on any atom is -0.487 e. The first kappa shape index (κ1) is 12.6. The summed E-state index contributed by atoms with van der Waals surface area (Å²) in [6.07, 6.45) is 1.66. The van der Waals surface area contributed by atoms with E-state index < -0.39 is 5.97 Å².